The van der Waals surface area contributed by atoms with Gasteiger partial charge in [0.2, 0.25) is 5.91 Å². The molecule has 1 aromatic rings. The molecular weight excluding hydrogens is 298 g/mol. The highest BCUT2D eigenvalue weighted by Gasteiger charge is 2.13. The lowest BCUT2D eigenvalue weighted by atomic mass is 10.1. The number of amides is 1. The fourth-order valence-corrected chi connectivity index (χ4v) is 2.45. The molecule has 124 valence electrons. The van der Waals surface area contributed by atoms with Crippen LogP contribution in [-0.4, -0.2) is 35.5 Å². The van der Waals surface area contributed by atoms with Gasteiger partial charge in [-0.2, -0.15) is 0 Å². The zero-order valence-corrected chi connectivity index (χ0v) is 14.9. The van der Waals surface area contributed by atoms with E-state index in [2.05, 4.69) is 32.9 Å². The van der Waals surface area contributed by atoms with Crippen LogP contribution in [0.3, 0.4) is 0 Å². The fourth-order valence-electron chi connectivity index (χ4n) is 1.71. The van der Waals surface area contributed by atoms with Crippen LogP contribution in [0.1, 0.15) is 45.3 Å². The molecule has 0 unspecified atom stereocenters. The van der Waals surface area contributed by atoms with Crippen molar-refractivity contribution in [3.63, 3.8) is 0 Å². The van der Waals surface area contributed by atoms with Crippen molar-refractivity contribution in [2.75, 3.05) is 13.1 Å². The first kappa shape index (κ1) is 18.4. The van der Waals surface area contributed by atoms with Crippen molar-refractivity contribution < 1.29 is 4.79 Å². The summed E-state index contributed by atoms with van der Waals surface area (Å²) < 4.78 is 0. The summed E-state index contributed by atoms with van der Waals surface area (Å²) in [5.41, 5.74) is 0.726. The number of aliphatic imine (C=N–C) groups is 1. The van der Waals surface area contributed by atoms with Gasteiger partial charge >= 0.3 is 0 Å². The maximum atomic E-state index is 11.8. The molecule has 0 spiro atoms. The van der Waals surface area contributed by atoms with Crippen molar-refractivity contribution in [3.05, 3.63) is 16.1 Å². The Labute approximate surface area is 136 Å². The lowest BCUT2D eigenvalue weighted by Crippen LogP contribution is -2.48. The number of aryl methyl sites for hydroxylation is 1. The zero-order chi connectivity index (χ0) is 16.6. The maximum absolute atomic E-state index is 11.8. The first-order valence-corrected chi connectivity index (χ1v) is 8.48. The van der Waals surface area contributed by atoms with Gasteiger partial charge in [0.15, 0.2) is 5.96 Å². The number of hydrogen-bond acceptors (Lipinski definition) is 4. The lowest BCUT2D eigenvalue weighted by Gasteiger charge is -2.21. The summed E-state index contributed by atoms with van der Waals surface area (Å²) >= 11 is 1.65. The number of guanidine groups is 1. The van der Waals surface area contributed by atoms with Gasteiger partial charge in [0.1, 0.15) is 0 Å². The molecule has 22 heavy (non-hydrogen) atoms. The van der Waals surface area contributed by atoms with Crippen LogP contribution in [-0.2, 0) is 17.8 Å². The van der Waals surface area contributed by atoms with E-state index < -0.39 is 0 Å². The third kappa shape index (κ3) is 7.40. The van der Waals surface area contributed by atoms with Crippen LogP contribution in [0.2, 0.25) is 0 Å². The van der Waals surface area contributed by atoms with Crippen LogP contribution in [0.25, 0.3) is 0 Å². The standard InChI is InChI=1S/C15H27N5OS/c1-6-13-19-11(10-22-13)8-17-14(16-7-2)18-9-12(21)20-15(3,4)5/h10H,6-9H2,1-5H3,(H,20,21)(H2,16,17,18). The molecule has 0 radical (unpaired) electrons. The quantitative estimate of drug-likeness (QED) is 0.549. The first-order chi connectivity index (χ1) is 10.3. The summed E-state index contributed by atoms with van der Waals surface area (Å²) in [7, 11) is 0. The van der Waals surface area contributed by atoms with Crippen molar-refractivity contribution in [3.8, 4) is 0 Å². The molecule has 1 heterocycles. The number of carbonyl (C=O) groups excluding carboxylic acids is 1. The number of nitrogens with one attached hydrogen (secondary N) is 3. The average Bonchev–Trinajstić information content (AvgIpc) is 2.88. The summed E-state index contributed by atoms with van der Waals surface area (Å²) in [6, 6.07) is 0. The van der Waals surface area contributed by atoms with Crippen LogP contribution in [0, 0.1) is 0 Å². The largest absolute Gasteiger partial charge is 0.357 e. The number of aromatic nitrogens is 1. The Morgan fingerprint density at radius 3 is 2.59 bits per heavy atom. The summed E-state index contributed by atoms with van der Waals surface area (Å²) in [5, 5.41) is 12.2. The van der Waals surface area contributed by atoms with Crippen LogP contribution in [0.15, 0.2) is 10.4 Å². The van der Waals surface area contributed by atoms with Crippen LogP contribution in [0.5, 0.6) is 0 Å². The van der Waals surface area contributed by atoms with Crippen LogP contribution < -0.4 is 16.0 Å². The van der Waals surface area contributed by atoms with Gasteiger partial charge in [-0.25, -0.2) is 9.98 Å². The molecule has 0 saturated carbocycles. The SMILES string of the molecule is CCNC(=NCc1csc(CC)n1)NCC(=O)NC(C)(C)C. The van der Waals surface area contributed by atoms with Crippen molar-refractivity contribution in [2.24, 2.45) is 4.99 Å². The number of thiazole rings is 1. The van der Waals surface area contributed by atoms with E-state index in [9.17, 15) is 4.79 Å². The zero-order valence-electron chi connectivity index (χ0n) is 14.1. The molecular formula is C15H27N5OS. The minimum atomic E-state index is -0.231. The number of rotatable bonds is 6. The first-order valence-electron chi connectivity index (χ1n) is 7.60. The fraction of sp³-hybridized carbons (Fsp3) is 0.667. The van der Waals surface area contributed by atoms with Crippen molar-refractivity contribution in [1.29, 1.82) is 0 Å². The van der Waals surface area contributed by atoms with E-state index in [1.165, 1.54) is 0 Å². The molecule has 0 bridgehead atoms. The molecule has 1 rings (SSSR count). The molecule has 0 aliphatic heterocycles. The molecule has 1 aromatic heterocycles. The van der Waals surface area contributed by atoms with E-state index >= 15 is 0 Å². The Bertz CT molecular complexity index is 504. The molecule has 0 atom stereocenters. The smallest absolute Gasteiger partial charge is 0.239 e. The normalized spacial score (nSPS) is 12.1. The molecule has 0 saturated heterocycles. The minimum absolute atomic E-state index is 0.0555. The van der Waals surface area contributed by atoms with E-state index in [0.29, 0.717) is 12.5 Å². The number of nitrogens with zero attached hydrogens (tertiary/aromatic N) is 2. The van der Waals surface area contributed by atoms with Gasteiger partial charge in [0.25, 0.3) is 0 Å². The van der Waals surface area contributed by atoms with E-state index in [-0.39, 0.29) is 18.0 Å². The van der Waals surface area contributed by atoms with E-state index in [1.54, 1.807) is 11.3 Å². The minimum Gasteiger partial charge on any atom is -0.357 e. The van der Waals surface area contributed by atoms with Crippen molar-refractivity contribution >= 4 is 23.2 Å². The molecule has 0 aliphatic carbocycles. The van der Waals surface area contributed by atoms with Gasteiger partial charge in [-0.15, -0.1) is 11.3 Å². The van der Waals surface area contributed by atoms with Gasteiger partial charge in [0.05, 0.1) is 23.8 Å². The van der Waals surface area contributed by atoms with Gasteiger partial charge in [0, 0.05) is 17.5 Å². The Morgan fingerprint density at radius 1 is 1.32 bits per heavy atom. The number of carbonyl (C=O) groups is 1. The highest BCUT2D eigenvalue weighted by molar-refractivity contribution is 7.09. The van der Waals surface area contributed by atoms with E-state index in [1.807, 2.05) is 33.1 Å². The Balaban J connectivity index is 2.53. The summed E-state index contributed by atoms with van der Waals surface area (Å²) in [6.45, 7) is 11.4. The molecule has 0 fully saturated rings. The summed E-state index contributed by atoms with van der Waals surface area (Å²) in [5.74, 6) is 0.567. The second-order valence-electron chi connectivity index (χ2n) is 5.93. The maximum Gasteiger partial charge on any atom is 0.239 e. The van der Waals surface area contributed by atoms with Crippen molar-refractivity contribution in [2.45, 2.75) is 53.1 Å². The molecule has 7 heteroatoms. The van der Waals surface area contributed by atoms with E-state index in [0.717, 1.165) is 23.7 Å². The highest BCUT2D eigenvalue weighted by Crippen LogP contribution is 2.10. The van der Waals surface area contributed by atoms with Crippen LogP contribution >= 0.6 is 11.3 Å². The predicted octanol–water partition coefficient (Wildman–Crippen LogP) is 1.68. The third-order valence-corrected chi connectivity index (χ3v) is 3.62. The highest BCUT2D eigenvalue weighted by atomic mass is 32.1. The Morgan fingerprint density at radius 2 is 2.05 bits per heavy atom. The number of hydrogen-bond donors (Lipinski definition) is 3. The summed E-state index contributed by atoms with van der Waals surface area (Å²) in [4.78, 5) is 20.8. The van der Waals surface area contributed by atoms with Crippen LogP contribution in [0.4, 0.5) is 0 Å². The third-order valence-electron chi connectivity index (χ3n) is 2.58. The van der Waals surface area contributed by atoms with Gasteiger partial charge < -0.3 is 16.0 Å². The Hall–Kier alpha value is -1.63. The second-order valence-corrected chi connectivity index (χ2v) is 6.88. The topological polar surface area (TPSA) is 78.4 Å². The second kappa shape index (κ2) is 8.73. The van der Waals surface area contributed by atoms with Gasteiger partial charge in [-0.3, -0.25) is 4.79 Å². The molecule has 3 N–H and O–H groups in total. The van der Waals surface area contributed by atoms with Crippen molar-refractivity contribution in [1.82, 2.24) is 20.9 Å². The average molecular weight is 325 g/mol. The molecule has 6 nitrogen and oxygen atoms in total. The van der Waals surface area contributed by atoms with E-state index in [4.69, 9.17) is 0 Å². The predicted molar refractivity (Wildman–Crippen MR) is 92.2 cm³/mol. The lowest BCUT2D eigenvalue weighted by molar-refractivity contribution is -0.121. The van der Waals surface area contributed by atoms with Gasteiger partial charge in [-0.1, -0.05) is 6.92 Å². The molecule has 1 amide bonds. The molecule has 0 aliphatic rings. The Kier molecular flexibility index (Phi) is 7.31. The molecule has 0 aromatic carbocycles. The monoisotopic (exact) mass is 325 g/mol. The summed E-state index contributed by atoms with van der Waals surface area (Å²) in [6.07, 6.45) is 0.944. The van der Waals surface area contributed by atoms with Gasteiger partial charge in [-0.05, 0) is 34.1 Å².